The SMILES string of the molecule is CC1=CC(=O)N(c2ccc(OCc3ccccc3)cc2)C1=O. The Kier molecular flexibility index (Phi) is 3.74. The van der Waals surface area contributed by atoms with Gasteiger partial charge in [0.05, 0.1) is 5.69 Å². The van der Waals surface area contributed by atoms with Gasteiger partial charge < -0.3 is 4.74 Å². The number of carbonyl (C=O) groups is 2. The minimum atomic E-state index is -0.305. The third-order valence-electron chi connectivity index (χ3n) is 3.44. The first kappa shape index (κ1) is 14.1. The molecule has 2 aromatic rings. The molecule has 0 unspecified atom stereocenters. The molecule has 1 aliphatic heterocycles. The molecular weight excluding hydrogens is 278 g/mol. The highest BCUT2D eigenvalue weighted by molar-refractivity contribution is 6.30. The van der Waals surface area contributed by atoms with Gasteiger partial charge in [0, 0.05) is 11.6 Å². The molecular formula is C18H15NO3. The summed E-state index contributed by atoms with van der Waals surface area (Å²) in [5.41, 5.74) is 2.08. The quantitative estimate of drug-likeness (QED) is 0.814. The molecule has 2 amide bonds. The van der Waals surface area contributed by atoms with Gasteiger partial charge in [-0.15, -0.1) is 0 Å². The molecule has 0 N–H and O–H groups in total. The second-order valence-electron chi connectivity index (χ2n) is 5.07. The molecule has 0 saturated carbocycles. The molecule has 4 heteroatoms. The Labute approximate surface area is 128 Å². The molecule has 1 aliphatic rings. The lowest BCUT2D eigenvalue weighted by molar-refractivity contribution is -0.120. The van der Waals surface area contributed by atoms with Crippen LogP contribution in [0.1, 0.15) is 12.5 Å². The number of carbonyl (C=O) groups excluding carboxylic acids is 2. The highest BCUT2D eigenvalue weighted by atomic mass is 16.5. The van der Waals surface area contributed by atoms with Gasteiger partial charge in [0.1, 0.15) is 12.4 Å². The molecule has 22 heavy (non-hydrogen) atoms. The number of amides is 2. The average Bonchev–Trinajstić information content (AvgIpc) is 2.80. The first-order chi connectivity index (χ1) is 10.6. The Morgan fingerprint density at radius 2 is 1.64 bits per heavy atom. The maximum atomic E-state index is 11.9. The minimum absolute atomic E-state index is 0.275. The maximum Gasteiger partial charge on any atom is 0.261 e. The number of hydrogen-bond acceptors (Lipinski definition) is 3. The molecule has 0 aromatic heterocycles. The summed E-state index contributed by atoms with van der Waals surface area (Å²) in [7, 11) is 0. The van der Waals surface area contributed by atoms with E-state index in [9.17, 15) is 9.59 Å². The van der Waals surface area contributed by atoms with Crippen molar-refractivity contribution in [2.45, 2.75) is 13.5 Å². The van der Waals surface area contributed by atoms with E-state index < -0.39 is 0 Å². The number of ether oxygens (including phenoxy) is 1. The molecule has 1 heterocycles. The molecule has 0 aliphatic carbocycles. The topological polar surface area (TPSA) is 46.6 Å². The summed E-state index contributed by atoms with van der Waals surface area (Å²) in [4.78, 5) is 24.9. The van der Waals surface area contributed by atoms with Crippen LogP contribution < -0.4 is 9.64 Å². The predicted molar refractivity (Wildman–Crippen MR) is 83.5 cm³/mol. The van der Waals surface area contributed by atoms with Gasteiger partial charge in [0.2, 0.25) is 0 Å². The van der Waals surface area contributed by atoms with Crippen molar-refractivity contribution in [3.8, 4) is 5.75 Å². The summed E-state index contributed by atoms with van der Waals surface area (Å²) >= 11 is 0. The summed E-state index contributed by atoms with van der Waals surface area (Å²) in [6, 6.07) is 16.8. The standard InChI is InChI=1S/C18H15NO3/c1-13-11-17(20)19(18(13)21)15-7-9-16(10-8-15)22-12-14-5-3-2-4-6-14/h2-11H,12H2,1H3. The van der Waals surface area contributed by atoms with Gasteiger partial charge in [-0.05, 0) is 36.8 Å². The number of benzene rings is 2. The van der Waals surface area contributed by atoms with E-state index in [0.717, 1.165) is 10.5 Å². The van der Waals surface area contributed by atoms with E-state index in [2.05, 4.69) is 0 Å². The Morgan fingerprint density at radius 3 is 2.23 bits per heavy atom. The van der Waals surface area contributed by atoms with Gasteiger partial charge in [-0.3, -0.25) is 9.59 Å². The Morgan fingerprint density at radius 1 is 0.955 bits per heavy atom. The molecule has 0 spiro atoms. The summed E-state index contributed by atoms with van der Waals surface area (Å²) in [6.45, 7) is 2.11. The van der Waals surface area contributed by atoms with Crippen molar-refractivity contribution in [2.75, 3.05) is 4.90 Å². The van der Waals surface area contributed by atoms with Crippen molar-refractivity contribution < 1.29 is 14.3 Å². The number of hydrogen-bond donors (Lipinski definition) is 0. The highest BCUT2D eigenvalue weighted by Gasteiger charge is 2.29. The number of imide groups is 1. The van der Waals surface area contributed by atoms with Gasteiger partial charge >= 0.3 is 0 Å². The van der Waals surface area contributed by atoms with E-state index in [0.29, 0.717) is 23.6 Å². The van der Waals surface area contributed by atoms with E-state index >= 15 is 0 Å². The van der Waals surface area contributed by atoms with Crippen LogP contribution in [0.3, 0.4) is 0 Å². The monoisotopic (exact) mass is 293 g/mol. The van der Waals surface area contributed by atoms with Gasteiger partial charge in [0.25, 0.3) is 11.8 Å². The van der Waals surface area contributed by atoms with Crippen molar-refractivity contribution in [1.29, 1.82) is 0 Å². The zero-order valence-electron chi connectivity index (χ0n) is 12.2. The van der Waals surface area contributed by atoms with Crippen LogP contribution in [-0.2, 0) is 16.2 Å². The van der Waals surface area contributed by atoms with Crippen LogP contribution in [0.5, 0.6) is 5.75 Å². The smallest absolute Gasteiger partial charge is 0.261 e. The Bertz CT molecular complexity index is 733. The molecule has 0 fully saturated rings. The molecule has 3 rings (SSSR count). The average molecular weight is 293 g/mol. The summed E-state index contributed by atoms with van der Waals surface area (Å²) in [5.74, 6) is 0.111. The van der Waals surface area contributed by atoms with E-state index in [1.807, 2.05) is 30.3 Å². The summed E-state index contributed by atoms with van der Waals surface area (Å²) in [5, 5.41) is 0. The van der Waals surface area contributed by atoms with Crippen molar-refractivity contribution in [3.05, 3.63) is 71.8 Å². The minimum Gasteiger partial charge on any atom is -0.489 e. The van der Waals surface area contributed by atoms with Crippen LogP contribution in [0.2, 0.25) is 0 Å². The lowest BCUT2D eigenvalue weighted by Gasteiger charge is -2.15. The molecule has 0 radical (unpaired) electrons. The van der Waals surface area contributed by atoms with Crippen molar-refractivity contribution in [2.24, 2.45) is 0 Å². The number of nitrogens with zero attached hydrogens (tertiary/aromatic N) is 1. The zero-order chi connectivity index (χ0) is 15.5. The molecule has 110 valence electrons. The number of rotatable bonds is 4. The van der Waals surface area contributed by atoms with Gasteiger partial charge in [-0.2, -0.15) is 0 Å². The fraction of sp³-hybridized carbons (Fsp3) is 0.111. The van der Waals surface area contributed by atoms with Crippen LogP contribution in [0, 0.1) is 0 Å². The number of anilines is 1. The third-order valence-corrected chi connectivity index (χ3v) is 3.44. The van der Waals surface area contributed by atoms with Crippen molar-refractivity contribution in [3.63, 3.8) is 0 Å². The fourth-order valence-corrected chi connectivity index (χ4v) is 2.26. The predicted octanol–water partition coefficient (Wildman–Crippen LogP) is 3.09. The maximum absolute atomic E-state index is 11.9. The molecule has 2 aromatic carbocycles. The van der Waals surface area contributed by atoms with Crippen LogP contribution in [-0.4, -0.2) is 11.8 Å². The highest BCUT2D eigenvalue weighted by Crippen LogP contribution is 2.25. The van der Waals surface area contributed by atoms with Crippen LogP contribution in [0.4, 0.5) is 5.69 Å². The Balaban J connectivity index is 1.68. The largest absolute Gasteiger partial charge is 0.489 e. The van der Waals surface area contributed by atoms with E-state index in [-0.39, 0.29) is 11.8 Å². The summed E-state index contributed by atoms with van der Waals surface area (Å²) < 4.78 is 5.68. The van der Waals surface area contributed by atoms with E-state index in [1.54, 1.807) is 31.2 Å². The lowest BCUT2D eigenvalue weighted by Crippen LogP contribution is -2.30. The second-order valence-corrected chi connectivity index (χ2v) is 5.07. The lowest BCUT2D eigenvalue weighted by atomic mass is 10.2. The van der Waals surface area contributed by atoms with Crippen molar-refractivity contribution >= 4 is 17.5 Å². The van der Waals surface area contributed by atoms with Crippen LogP contribution in [0.15, 0.2) is 66.2 Å². The van der Waals surface area contributed by atoms with Gasteiger partial charge in [-0.25, -0.2) is 4.90 Å². The van der Waals surface area contributed by atoms with Crippen LogP contribution >= 0.6 is 0 Å². The molecule has 0 saturated heterocycles. The molecule has 0 bridgehead atoms. The van der Waals surface area contributed by atoms with Crippen molar-refractivity contribution in [1.82, 2.24) is 0 Å². The normalized spacial score (nSPS) is 14.2. The Hall–Kier alpha value is -2.88. The van der Waals surface area contributed by atoms with Gasteiger partial charge in [0.15, 0.2) is 0 Å². The fourth-order valence-electron chi connectivity index (χ4n) is 2.26. The summed E-state index contributed by atoms with van der Waals surface area (Å²) in [6.07, 6.45) is 1.35. The zero-order valence-corrected chi connectivity index (χ0v) is 12.2. The second kappa shape index (κ2) is 5.85. The van der Waals surface area contributed by atoms with Gasteiger partial charge in [-0.1, -0.05) is 30.3 Å². The molecule has 0 atom stereocenters. The first-order valence-electron chi connectivity index (χ1n) is 6.98. The van der Waals surface area contributed by atoms with E-state index in [1.165, 1.54) is 6.08 Å². The molecule has 4 nitrogen and oxygen atoms in total. The van der Waals surface area contributed by atoms with Crippen LogP contribution in [0.25, 0.3) is 0 Å². The first-order valence-corrected chi connectivity index (χ1v) is 6.98. The van der Waals surface area contributed by atoms with E-state index in [4.69, 9.17) is 4.74 Å². The third kappa shape index (κ3) is 2.76.